The lowest BCUT2D eigenvalue weighted by molar-refractivity contribution is 0.0437. The molecule has 0 aromatic carbocycles. The minimum atomic E-state index is -0.128. The second kappa shape index (κ2) is 8.96. The quantitative estimate of drug-likeness (QED) is 0.617. The summed E-state index contributed by atoms with van der Waals surface area (Å²) in [4.78, 5) is 22.2. The number of carbonyl (C=O) groups is 1. The van der Waals surface area contributed by atoms with Crippen LogP contribution in [0.3, 0.4) is 0 Å². The number of nitrogens with one attached hydrogen (secondary N) is 1. The first-order valence-electron chi connectivity index (χ1n) is 11.6. The van der Waals surface area contributed by atoms with E-state index in [1.54, 1.807) is 6.20 Å². The van der Waals surface area contributed by atoms with Gasteiger partial charge in [0.2, 0.25) is 0 Å². The van der Waals surface area contributed by atoms with E-state index in [4.69, 9.17) is 0 Å². The third-order valence-electron chi connectivity index (χ3n) is 6.53. The molecule has 1 amide bonds. The van der Waals surface area contributed by atoms with Gasteiger partial charge in [0.1, 0.15) is 0 Å². The zero-order valence-corrected chi connectivity index (χ0v) is 18.8. The average Bonchev–Trinajstić information content (AvgIpc) is 3.52. The van der Waals surface area contributed by atoms with Gasteiger partial charge >= 0.3 is 0 Å². The summed E-state index contributed by atoms with van der Waals surface area (Å²) in [5, 5.41) is 11.9. The molecule has 168 valence electrons. The molecule has 0 unspecified atom stereocenters. The fraction of sp³-hybridized carbons (Fsp3) is 0.500. The van der Waals surface area contributed by atoms with E-state index in [-0.39, 0.29) is 11.9 Å². The standard InChI is InChI=1S/C24H31N7O/c1-17(2)30-12-11-29(14-18-6-7-18)16-21(30)23-28-27-22-9-8-19(15-31(22)23)24(32)26-13-20-5-3-4-10-25-20/h3-5,8-10,15,17-18,21H,6-7,11-14,16H2,1-2H3,(H,26,32)/t21-/m0/s1. The van der Waals surface area contributed by atoms with Crippen LogP contribution in [0.4, 0.5) is 0 Å². The SMILES string of the molecule is CC(C)N1CCN(CC2CC2)C[C@H]1c1nnc2ccc(C(=O)NCc3ccccn3)cn12. The molecular weight excluding hydrogens is 402 g/mol. The van der Waals surface area contributed by atoms with Crippen LogP contribution in [0.25, 0.3) is 5.65 Å². The van der Waals surface area contributed by atoms with Crippen molar-refractivity contribution in [3.63, 3.8) is 0 Å². The number of pyridine rings is 2. The molecule has 0 spiro atoms. The minimum Gasteiger partial charge on any atom is -0.346 e. The average molecular weight is 434 g/mol. The molecule has 3 aromatic heterocycles. The van der Waals surface area contributed by atoms with E-state index in [1.807, 2.05) is 40.9 Å². The van der Waals surface area contributed by atoms with Crippen LogP contribution in [0, 0.1) is 5.92 Å². The maximum atomic E-state index is 12.8. The highest BCUT2D eigenvalue weighted by molar-refractivity contribution is 5.94. The van der Waals surface area contributed by atoms with Gasteiger partial charge in [-0.1, -0.05) is 6.07 Å². The predicted molar refractivity (Wildman–Crippen MR) is 122 cm³/mol. The number of amides is 1. The number of fused-ring (bicyclic) bond motifs is 1. The fourth-order valence-corrected chi connectivity index (χ4v) is 4.58. The lowest BCUT2D eigenvalue weighted by atomic mass is 10.1. The first-order chi connectivity index (χ1) is 15.6. The van der Waals surface area contributed by atoms with E-state index >= 15 is 0 Å². The van der Waals surface area contributed by atoms with Crippen molar-refractivity contribution in [1.29, 1.82) is 0 Å². The van der Waals surface area contributed by atoms with Crippen LogP contribution < -0.4 is 5.32 Å². The molecule has 32 heavy (non-hydrogen) atoms. The van der Waals surface area contributed by atoms with Crippen molar-refractivity contribution in [2.24, 2.45) is 5.92 Å². The molecule has 1 atom stereocenters. The Balaban J connectivity index is 1.38. The molecule has 0 radical (unpaired) electrons. The van der Waals surface area contributed by atoms with Crippen LogP contribution in [0.1, 0.15) is 54.6 Å². The van der Waals surface area contributed by atoms with Crippen LogP contribution in [-0.2, 0) is 6.54 Å². The summed E-state index contributed by atoms with van der Waals surface area (Å²) >= 11 is 0. The van der Waals surface area contributed by atoms with Crippen LogP contribution in [-0.4, -0.2) is 67.5 Å². The Morgan fingerprint density at radius 2 is 2.03 bits per heavy atom. The summed E-state index contributed by atoms with van der Waals surface area (Å²) in [5.41, 5.74) is 2.19. The summed E-state index contributed by atoms with van der Waals surface area (Å²) in [7, 11) is 0. The van der Waals surface area contributed by atoms with Crippen molar-refractivity contribution in [1.82, 2.24) is 34.7 Å². The van der Waals surface area contributed by atoms with Crippen molar-refractivity contribution in [2.75, 3.05) is 26.2 Å². The first-order valence-corrected chi connectivity index (χ1v) is 11.6. The molecule has 1 aliphatic heterocycles. The highest BCUT2D eigenvalue weighted by Crippen LogP contribution is 2.33. The zero-order valence-electron chi connectivity index (χ0n) is 18.8. The Morgan fingerprint density at radius 1 is 1.16 bits per heavy atom. The van der Waals surface area contributed by atoms with Gasteiger partial charge < -0.3 is 5.32 Å². The third kappa shape index (κ3) is 4.52. The lowest BCUT2D eigenvalue weighted by Gasteiger charge is -2.42. The maximum Gasteiger partial charge on any atom is 0.253 e. The molecule has 8 nitrogen and oxygen atoms in total. The Labute approximate surface area is 188 Å². The molecule has 8 heteroatoms. The number of piperazine rings is 1. The topological polar surface area (TPSA) is 78.7 Å². The molecule has 1 N–H and O–H groups in total. The predicted octanol–water partition coefficient (Wildman–Crippen LogP) is 2.53. The second-order valence-corrected chi connectivity index (χ2v) is 9.26. The fourth-order valence-electron chi connectivity index (χ4n) is 4.58. The van der Waals surface area contributed by atoms with Crippen molar-refractivity contribution in [2.45, 2.75) is 45.3 Å². The summed E-state index contributed by atoms with van der Waals surface area (Å²) < 4.78 is 2.00. The number of aromatic nitrogens is 4. The van der Waals surface area contributed by atoms with Crippen LogP contribution >= 0.6 is 0 Å². The van der Waals surface area contributed by atoms with Crippen molar-refractivity contribution in [3.8, 4) is 0 Å². The van der Waals surface area contributed by atoms with Crippen LogP contribution in [0.5, 0.6) is 0 Å². The summed E-state index contributed by atoms with van der Waals surface area (Å²) in [6.45, 7) is 9.13. The number of carbonyl (C=O) groups excluding carboxylic acids is 1. The van der Waals surface area contributed by atoms with E-state index in [2.05, 4.69) is 44.1 Å². The van der Waals surface area contributed by atoms with Gasteiger partial charge in [-0.15, -0.1) is 10.2 Å². The molecule has 1 saturated carbocycles. The molecule has 4 heterocycles. The van der Waals surface area contributed by atoms with Gasteiger partial charge in [-0.2, -0.15) is 0 Å². The highest BCUT2D eigenvalue weighted by Gasteiger charge is 2.35. The molecular formula is C24H31N7O. The first kappa shape index (κ1) is 21.0. The minimum absolute atomic E-state index is 0.128. The van der Waals surface area contributed by atoms with Gasteiger partial charge in [-0.05, 0) is 56.9 Å². The Bertz CT molecular complexity index is 1080. The van der Waals surface area contributed by atoms with E-state index < -0.39 is 0 Å². The molecule has 2 fully saturated rings. The van der Waals surface area contributed by atoms with Crippen LogP contribution in [0.15, 0.2) is 42.7 Å². The highest BCUT2D eigenvalue weighted by atomic mass is 16.1. The van der Waals surface area contributed by atoms with Crippen molar-refractivity contribution >= 4 is 11.6 Å². The van der Waals surface area contributed by atoms with E-state index in [0.29, 0.717) is 18.2 Å². The molecule has 2 aliphatic rings. The van der Waals surface area contributed by atoms with Crippen molar-refractivity contribution < 1.29 is 4.79 Å². The lowest BCUT2D eigenvalue weighted by Crippen LogP contribution is -2.51. The third-order valence-corrected chi connectivity index (χ3v) is 6.53. The Morgan fingerprint density at radius 3 is 2.78 bits per heavy atom. The normalized spacial score (nSPS) is 20.2. The van der Waals surface area contributed by atoms with Gasteiger partial charge in [-0.25, -0.2) is 0 Å². The summed E-state index contributed by atoms with van der Waals surface area (Å²) in [6, 6.07) is 9.94. The van der Waals surface area contributed by atoms with Gasteiger partial charge in [0.15, 0.2) is 11.5 Å². The number of hydrogen-bond donors (Lipinski definition) is 1. The van der Waals surface area contributed by atoms with Gasteiger partial charge in [-0.3, -0.25) is 24.0 Å². The molecule has 1 aliphatic carbocycles. The van der Waals surface area contributed by atoms with Crippen LogP contribution in [0.2, 0.25) is 0 Å². The Kier molecular flexibility index (Phi) is 5.89. The second-order valence-electron chi connectivity index (χ2n) is 9.26. The largest absolute Gasteiger partial charge is 0.346 e. The molecule has 0 bridgehead atoms. The Hall–Kier alpha value is -2.84. The number of rotatable bonds is 7. The van der Waals surface area contributed by atoms with Gasteiger partial charge in [0, 0.05) is 44.6 Å². The van der Waals surface area contributed by atoms with E-state index in [1.165, 1.54) is 19.4 Å². The molecule has 1 saturated heterocycles. The van der Waals surface area contributed by atoms with Crippen molar-refractivity contribution in [3.05, 3.63) is 59.8 Å². The number of nitrogens with zero attached hydrogens (tertiary/aromatic N) is 6. The molecule has 3 aromatic rings. The van der Waals surface area contributed by atoms with E-state index in [0.717, 1.165) is 42.7 Å². The summed E-state index contributed by atoms with van der Waals surface area (Å²) in [5.74, 6) is 1.65. The molecule has 5 rings (SSSR count). The van der Waals surface area contributed by atoms with E-state index in [9.17, 15) is 4.79 Å². The monoisotopic (exact) mass is 433 g/mol. The van der Waals surface area contributed by atoms with Gasteiger partial charge in [0.05, 0.1) is 23.8 Å². The maximum absolute atomic E-state index is 12.8. The van der Waals surface area contributed by atoms with Gasteiger partial charge in [0.25, 0.3) is 5.91 Å². The summed E-state index contributed by atoms with van der Waals surface area (Å²) in [6.07, 6.45) is 6.32. The number of hydrogen-bond acceptors (Lipinski definition) is 6. The zero-order chi connectivity index (χ0) is 22.1. The smallest absolute Gasteiger partial charge is 0.253 e.